The fraction of sp³-hybridized carbons (Fsp3) is 0.636. The van der Waals surface area contributed by atoms with E-state index in [-0.39, 0.29) is 28.7 Å². The molecule has 0 spiro atoms. The van der Waals surface area contributed by atoms with Crippen molar-refractivity contribution < 1.29 is 18.0 Å². The van der Waals surface area contributed by atoms with Crippen LogP contribution >= 0.6 is 0 Å². The summed E-state index contributed by atoms with van der Waals surface area (Å²) in [5.41, 5.74) is 1.45. The average Bonchev–Trinajstić information content (AvgIpc) is 3.05. The molecule has 8 heteroatoms. The van der Waals surface area contributed by atoms with E-state index in [9.17, 15) is 18.0 Å². The van der Waals surface area contributed by atoms with E-state index in [1.807, 2.05) is 13.8 Å². The van der Waals surface area contributed by atoms with Crippen LogP contribution in [-0.4, -0.2) is 32.3 Å². The minimum absolute atomic E-state index is 0.0578. The van der Waals surface area contributed by atoms with Crippen molar-refractivity contribution in [3.63, 3.8) is 0 Å². The Hall–Kier alpha value is -1.93. The minimum Gasteiger partial charge on any atom is -0.352 e. The number of benzene rings is 1. The molecule has 2 amide bonds. The molecule has 1 aliphatic carbocycles. The summed E-state index contributed by atoms with van der Waals surface area (Å²) < 4.78 is 28.7. The summed E-state index contributed by atoms with van der Waals surface area (Å²) in [4.78, 5) is 24.7. The van der Waals surface area contributed by atoms with Gasteiger partial charge in [0.15, 0.2) is 0 Å². The van der Waals surface area contributed by atoms with Crippen molar-refractivity contribution in [2.24, 2.45) is 5.92 Å². The second-order valence-corrected chi connectivity index (χ2v) is 10.5. The third-order valence-corrected chi connectivity index (χ3v) is 7.38. The van der Waals surface area contributed by atoms with Crippen molar-refractivity contribution in [2.45, 2.75) is 88.6 Å². The third-order valence-electron chi connectivity index (χ3n) is 5.94. The molecule has 0 saturated heterocycles. The zero-order valence-corrected chi connectivity index (χ0v) is 18.7. The van der Waals surface area contributed by atoms with Gasteiger partial charge in [-0.3, -0.25) is 9.59 Å². The molecule has 0 bridgehead atoms. The maximum absolute atomic E-state index is 13.1. The van der Waals surface area contributed by atoms with E-state index < -0.39 is 16.1 Å². The summed E-state index contributed by atoms with van der Waals surface area (Å²) >= 11 is 0. The van der Waals surface area contributed by atoms with Crippen LogP contribution in [-0.2, 0) is 26.0 Å². The molecule has 1 atom stereocenters. The molecule has 2 aliphatic rings. The number of carbonyl (C=O) groups excluding carboxylic acids is 2. The molecular formula is C22H33N3O4S. The van der Waals surface area contributed by atoms with E-state index >= 15 is 0 Å². The van der Waals surface area contributed by atoms with Crippen LogP contribution in [0.4, 0.5) is 5.69 Å². The summed E-state index contributed by atoms with van der Waals surface area (Å²) in [5, 5.41) is 5.87. The normalized spacial score (nSPS) is 19.4. The van der Waals surface area contributed by atoms with Crippen LogP contribution in [0, 0.1) is 5.92 Å². The molecule has 30 heavy (non-hydrogen) atoms. The van der Waals surface area contributed by atoms with Crippen molar-refractivity contribution in [3.05, 3.63) is 23.8 Å². The number of amides is 2. The lowest BCUT2D eigenvalue weighted by atomic mass is 10.0. The Morgan fingerprint density at radius 2 is 1.77 bits per heavy atom. The van der Waals surface area contributed by atoms with Crippen molar-refractivity contribution in [1.82, 2.24) is 10.0 Å². The molecule has 1 fully saturated rings. The van der Waals surface area contributed by atoms with Crippen molar-refractivity contribution in [3.8, 4) is 0 Å². The third kappa shape index (κ3) is 5.82. The van der Waals surface area contributed by atoms with Gasteiger partial charge in [0.1, 0.15) is 6.04 Å². The van der Waals surface area contributed by atoms with E-state index in [0.717, 1.165) is 31.2 Å². The van der Waals surface area contributed by atoms with Crippen LogP contribution in [0.5, 0.6) is 0 Å². The van der Waals surface area contributed by atoms with Gasteiger partial charge in [0.05, 0.1) is 4.90 Å². The first-order valence-corrected chi connectivity index (χ1v) is 12.5. The Balaban J connectivity index is 1.74. The monoisotopic (exact) mass is 435 g/mol. The number of fused-ring (bicyclic) bond motifs is 1. The van der Waals surface area contributed by atoms with Gasteiger partial charge in [0, 0.05) is 18.2 Å². The Morgan fingerprint density at radius 1 is 1.07 bits per heavy atom. The number of nitrogens with one attached hydrogen (secondary N) is 3. The molecule has 1 aliphatic heterocycles. The molecule has 0 aromatic heterocycles. The lowest BCUT2D eigenvalue weighted by Crippen LogP contribution is -2.51. The Bertz CT molecular complexity index is 874. The minimum atomic E-state index is -3.88. The van der Waals surface area contributed by atoms with Gasteiger partial charge in [-0.25, -0.2) is 8.42 Å². The highest BCUT2D eigenvalue weighted by molar-refractivity contribution is 7.89. The highest BCUT2D eigenvalue weighted by Gasteiger charge is 2.30. The van der Waals surface area contributed by atoms with Crippen molar-refractivity contribution in [1.29, 1.82) is 0 Å². The zero-order valence-electron chi connectivity index (χ0n) is 17.9. The maximum atomic E-state index is 13.1. The molecule has 7 nitrogen and oxygen atoms in total. The molecule has 166 valence electrons. The largest absolute Gasteiger partial charge is 0.352 e. The summed E-state index contributed by atoms with van der Waals surface area (Å²) in [5.74, 6) is -0.509. The predicted molar refractivity (Wildman–Crippen MR) is 117 cm³/mol. The number of aryl methyl sites for hydroxylation is 1. The number of hydrogen-bond acceptors (Lipinski definition) is 4. The Labute approximate surface area is 179 Å². The van der Waals surface area contributed by atoms with Gasteiger partial charge < -0.3 is 10.6 Å². The predicted octanol–water partition coefficient (Wildman–Crippen LogP) is 3.10. The molecule has 1 heterocycles. The molecular weight excluding hydrogens is 402 g/mol. The smallest absolute Gasteiger partial charge is 0.241 e. The molecule has 1 aromatic carbocycles. The fourth-order valence-corrected chi connectivity index (χ4v) is 5.55. The molecule has 0 radical (unpaired) electrons. The standard InChI is InChI=1S/C22H33N3O4S/c1-15(2)21(22(27)23-17-9-5-3-4-6-10-17)25-30(28,29)18-12-13-19-16(14-18)8-7-11-20(26)24-19/h12-15,17,21,25H,3-11H2,1-2H3,(H,23,27)(H,24,26). The first kappa shape index (κ1) is 22.7. The highest BCUT2D eigenvalue weighted by atomic mass is 32.2. The molecule has 1 aromatic rings. The average molecular weight is 436 g/mol. The Kier molecular flexibility index (Phi) is 7.52. The number of sulfonamides is 1. The van der Waals surface area contributed by atoms with Crippen LogP contribution in [0.1, 0.15) is 70.8 Å². The topological polar surface area (TPSA) is 104 Å². The summed E-state index contributed by atoms with van der Waals surface area (Å²) in [6, 6.07) is 3.99. The zero-order chi connectivity index (χ0) is 21.7. The number of anilines is 1. The summed E-state index contributed by atoms with van der Waals surface area (Å²) in [7, 11) is -3.88. The van der Waals surface area contributed by atoms with E-state index in [0.29, 0.717) is 24.9 Å². The van der Waals surface area contributed by atoms with E-state index in [1.165, 1.54) is 18.9 Å². The second kappa shape index (κ2) is 9.92. The van der Waals surface area contributed by atoms with Gasteiger partial charge in [-0.2, -0.15) is 4.72 Å². The van der Waals surface area contributed by atoms with Gasteiger partial charge in [0.25, 0.3) is 0 Å². The summed E-state index contributed by atoms with van der Waals surface area (Å²) in [6.45, 7) is 3.68. The number of hydrogen-bond donors (Lipinski definition) is 3. The van der Waals surface area contributed by atoms with Gasteiger partial charge >= 0.3 is 0 Å². The highest BCUT2D eigenvalue weighted by Crippen LogP contribution is 2.25. The van der Waals surface area contributed by atoms with E-state index in [1.54, 1.807) is 12.1 Å². The fourth-order valence-electron chi connectivity index (χ4n) is 4.16. The first-order valence-electron chi connectivity index (χ1n) is 11.0. The van der Waals surface area contributed by atoms with E-state index in [4.69, 9.17) is 0 Å². The molecule has 1 saturated carbocycles. The number of rotatable bonds is 6. The van der Waals surface area contributed by atoms with Crippen LogP contribution in [0.3, 0.4) is 0 Å². The lowest BCUT2D eigenvalue weighted by molar-refractivity contribution is -0.124. The number of carbonyl (C=O) groups is 2. The molecule has 3 rings (SSSR count). The second-order valence-electron chi connectivity index (χ2n) is 8.76. The van der Waals surface area contributed by atoms with Gasteiger partial charge in [-0.05, 0) is 55.4 Å². The summed E-state index contributed by atoms with van der Waals surface area (Å²) in [6.07, 6.45) is 8.17. The van der Waals surface area contributed by atoms with Crippen LogP contribution in [0.2, 0.25) is 0 Å². The Morgan fingerprint density at radius 3 is 2.43 bits per heavy atom. The van der Waals surface area contributed by atoms with Crippen LogP contribution in [0.15, 0.2) is 23.1 Å². The lowest BCUT2D eigenvalue weighted by Gasteiger charge is -2.25. The van der Waals surface area contributed by atoms with Gasteiger partial charge in [-0.15, -0.1) is 0 Å². The van der Waals surface area contributed by atoms with Crippen molar-refractivity contribution in [2.75, 3.05) is 5.32 Å². The van der Waals surface area contributed by atoms with Gasteiger partial charge in [0.2, 0.25) is 21.8 Å². The molecule has 1 unspecified atom stereocenters. The van der Waals surface area contributed by atoms with Crippen LogP contribution in [0.25, 0.3) is 0 Å². The van der Waals surface area contributed by atoms with Crippen molar-refractivity contribution >= 4 is 27.5 Å². The van der Waals surface area contributed by atoms with E-state index in [2.05, 4.69) is 15.4 Å². The SMILES string of the molecule is CC(C)C(NS(=O)(=O)c1ccc2c(c1)CCCC(=O)N2)C(=O)NC1CCCCCC1. The van der Waals surface area contributed by atoms with Gasteiger partial charge in [-0.1, -0.05) is 39.5 Å². The quantitative estimate of drug-likeness (QED) is 0.597. The first-order chi connectivity index (χ1) is 14.3. The van der Waals surface area contributed by atoms with Crippen LogP contribution < -0.4 is 15.4 Å². The maximum Gasteiger partial charge on any atom is 0.241 e. The molecule has 3 N–H and O–H groups in total.